The highest BCUT2D eigenvalue weighted by Crippen LogP contribution is 2.13. The summed E-state index contributed by atoms with van der Waals surface area (Å²) in [5.41, 5.74) is 0. The fourth-order valence-electron chi connectivity index (χ4n) is 1.35. The smallest absolute Gasteiger partial charge is 0.287 e. The molecule has 0 saturated heterocycles. The molecule has 19 heavy (non-hydrogen) atoms. The highest BCUT2D eigenvalue weighted by molar-refractivity contribution is 9.10. The van der Waals surface area contributed by atoms with Gasteiger partial charge in [-0.3, -0.25) is 9.59 Å². The average Bonchev–Trinajstić information content (AvgIpc) is 3.04. The van der Waals surface area contributed by atoms with Crippen LogP contribution >= 0.6 is 15.9 Å². The molecule has 100 valence electrons. The quantitative estimate of drug-likeness (QED) is 0.875. The number of nitrogens with one attached hydrogen (secondary N) is 2. The first-order valence-corrected chi connectivity index (χ1v) is 6.27. The average molecular weight is 327 g/mol. The molecule has 0 aliphatic rings. The fraction of sp³-hybridized carbons (Fsp3) is 0.167. The van der Waals surface area contributed by atoms with Crippen LogP contribution in [-0.2, 0) is 11.3 Å². The second-order valence-corrected chi connectivity index (χ2v) is 4.42. The number of halogens is 1. The zero-order valence-corrected chi connectivity index (χ0v) is 11.4. The molecular formula is C12H11BrN2O4. The molecule has 0 atom stereocenters. The Bertz CT molecular complexity index is 562. The van der Waals surface area contributed by atoms with E-state index < -0.39 is 5.91 Å². The van der Waals surface area contributed by atoms with Gasteiger partial charge in [-0.05, 0) is 40.2 Å². The van der Waals surface area contributed by atoms with E-state index in [1.165, 1.54) is 12.3 Å². The molecule has 0 unspecified atom stereocenters. The summed E-state index contributed by atoms with van der Waals surface area (Å²) in [7, 11) is 0. The highest BCUT2D eigenvalue weighted by atomic mass is 79.9. The molecule has 2 N–H and O–H groups in total. The van der Waals surface area contributed by atoms with Crippen LogP contribution in [0.3, 0.4) is 0 Å². The maximum atomic E-state index is 11.6. The van der Waals surface area contributed by atoms with E-state index in [0.29, 0.717) is 10.4 Å². The Morgan fingerprint density at radius 3 is 2.68 bits per heavy atom. The monoisotopic (exact) mass is 326 g/mol. The molecule has 7 heteroatoms. The molecule has 2 rings (SSSR count). The second kappa shape index (κ2) is 6.24. The van der Waals surface area contributed by atoms with Gasteiger partial charge in [0.25, 0.3) is 5.91 Å². The number of hydrogen-bond donors (Lipinski definition) is 2. The fourth-order valence-corrected chi connectivity index (χ4v) is 1.65. The third-order valence-electron chi connectivity index (χ3n) is 2.25. The predicted octanol–water partition coefficient (Wildman–Crippen LogP) is 1.68. The summed E-state index contributed by atoms with van der Waals surface area (Å²) < 4.78 is 10.6. The van der Waals surface area contributed by atoms with Gasteiger partial charge in [-0.2, -0.15) is 0 Å². The molecule has 2 amide bonds. The van der Waals surface area contributed by atoms with Crippen LogP contribution in [-0.4, -0.2) is 18.4 Å². The SMILES string of the molecule is O=C(CNC(=O)c1ccc(Br)o1)NCc1ccco1. The van der Waals surface area contributed by atoms with Crippen LogP contribution in [0.2, 0.25) is 0 Å². The minimum absolute atomic E-state index is 0.127. The van der Waals surface area contributed by atoms with Crippen molar-refractivity contribution in [3.8, 4) is 0 Å². The van der Waals surface area contributed by atoms with E-state index in [0.717, 1.165) is 0 Å². The van der Waals surface area contributed by atoms with Crippen molar-refractivity contribution in [2.75, 3.05) is 6.54 Å². The predicted molar refractivity (Wildman–Crippen MR) is 69.3 cm³/mol. The Morgan fingerprint density at radius 1 is 1.21 bits per heavy atom. The normalized spacial score (nSPS) is 10.2. The lowest BCUT2D eigenvalue weighted by Gasteiger charge is -2.04. The first-order chi connectivity index (χ1) is 9.15. The molecule has 0 fully saturated rings. The molecule has 0 aliphatic carbocycles. The van der Waals surface area contributed by atoms with Gasteiger partial charge in [-0.25, -0.2) is 0 Å². The van der Waals surface area contributed by atoms with E-state index in [4.69, 9.17) is 8.83 Å². The van der Waals surface area contributed by atoms with Gasteiger partial charge in [-0.15, -0.1) is 0 Å². The Kier molecular flexibility index (Phi) is 4.40. The van der Waals surface area contributed by atoms with E-state index in [2.05, 4.69) is 26.6 Å². The largest absolute Gasteiger partial charge is 0.467 e. The van der Waals surface area contributed by atoms with Crippen molar-refractivity contribution < 1.29 is 18.4 Å². The van der Waals surface area contributed by atoms with Crippen LogP contribution in [0.5, 0.6) is 0 Å². The standard InChI is InChI=1S/C12H11BrN2O4/c13-10-4-3-9(19-10)12(17)15-7-11(16)14-6-8-2-1-5-18-8/h1-5H,6-7H2,(H,14,16)(H,15,17). The molecular weight excluding hydrogens is 316 g/mol. The lowest BCUT2D eigenvalue weighted by atomic mass is 10.4. The van der Waals surface area contributed by atoms with E-state index >= 15 is 0 Å². The van der Waals surface area contributed by atoms with Crippen molar-refractivity contribution in [3.05, 3.63) is 46.7 Å². The Labute approximate surface area is 117 Å². The topological polar surface area (TPSA) is 84.5 Å². The Morgan fingerprint density at radius 2 is 2.05 bits per heavy atom. The molecule has 0 spiro atoms. The molecule has 0 radical (unpaired) electrons. The zero-order chi connectivity index (χ0) is 13.7. The first-order valence-electron chi connectivity index (χ1n) is 5.48. The van der Waals surface area contributed by atoms with E-state index in [1.807, 2.05) is 0 Å². The Balaban J connectivity index is 1.73. The number of amides is 2. The van der Waals surface area contributed by atoms with E-state index in [1.54, 1.807) is 18.2 Å². The number of carbonyl (C=O) groups is 2. The summed E-state index contributed by atoms with van der Waals surface area (Å²) in [6, 6.07) is 6.60. The molecule has 2 aromatic heterocycles. The van der Waals surface area contributed by atoms with Gasteiger partial charge >= 0.3 is 0 Å². The third-order valence-corrected chi connectivity index (χ3v) is 2.67. The van der Waals surface area contributed by atoms with Gasteiger partial charge in [0, 0.05) is 0 Å². The lowest BCUT2D eigenvalue weighted by Crippen LogP contribution is -2.36. The van der Waals surface area contributed by atoms with Crippen LogP contribution < -0.4 is 10.6 Å². The molecule has 0 aliphatic heterocycles. The van der Waals surface area contributed by atoms with Crippen molar-refractivity contribution in [2.45, 2.75) is 6.54 Å². The minimum atomic E-state index is -0.446. The van der Waals surface area contributed by atoms with Gasteiger partial charge in [0.15, 0.2) is 10.4 Å². The van der Waals surface area contributed by atoms with Crippen molar-refractivity contribution in [3.63, 3.8) is 0 Å². The summed E-state index contributed by atoms with van der Waals surface area (Å²) in [6.45, 7) is 0.159. The second-order valence-electron chi connectivity index (χ2n) is 3.64. The lowest BCUT2D eigenvalue weighted by molar-refractivity contribution is -0.120. The van der Waals surface area contributed by atoms with E-state index in [-0.39, 0.29) is 24.8 Å². The molecule has 0 saturated carbocycles. The van der Waals surface area contributed by atoms with Crippen molar-refractivity contribution in [2.24, 2.45) is 0 Å². The summed E-state index contributed by atoms with van der Waals surface area (Å²) in [5.74, 6) is 0.0366. The molecule has 2 heterocycles. The Hall–Kier alpha value is -2.02. The van der Waals surface area contributed by atoms with Crippen LogP contribution in [0.15, 0.2) is 44.0 Å². The van der Waals surface area contributed by atoms with Gasteiger partial charge in [-0.1, -0.05) is 0 Å². The summed E-state index contributed by atoms with van der Waals surface area (Å²) in [4.78, 5) is 23.0. The van der Waals surface area contributed by atoms with Gasteiger partial charge in [0.1, 0.15) is 5.76 Å². The number of rotatable bonds is 5. The molecule has 6 nitrogen and oxygen atoms in total. The molecule has 0 bridgehead atoms. The highest BCUT2D eigenvalue weighted by Gasteiger charge is 2.11. The molecule has 2 aromatic rings. The maximum Gasteiger partial charge on any atom is 0.287 e. The molecule has 0 aromatic carbocycles. The van der Waals surface area contributed by atoms with Crippen LogP contribution in [0.4, 0.5) is 0 Å². The van der Waals surface area contributed by atoms with Crippen molar-refractivity contribution >= 4 is 27.7 Å². The summed E-state index contributed by atoms with van der Waals surface area (Å²) in [5, 5.41) is 5.06. The van der Waals surface area contributed by atoms with Crippen LogP contribution in [0, 0.1) is 0 Å². The summed E-state index contributed by atoms with van der Waals surface area (Å²) >= 11 is 3.09. The first kappa shape index (κ1) is 13.4. The van der Waals surface area contributed by atoms with Crippen molar-refractivity contribution in [1.82, 2.24) is 10.6 Å². The summed E-state index contributed by atoms with van der Waals surface area (Å²) in [6.07, 6.45) is 1.53. The van der Waals surface area contributed by atoms with Gasteiger partial charge < -0.3 is 19.5 Å². The number of carbonyl (C=O) groups excluding carboxylic acids is 2. The van der Waals surface area contributed by atoms with Crippen molar-refractivity contribution in [1.29, 1.82) is 0 Å². The minimum Gasteiger partial charge on any atom is -0.467 e. The third kappa shape index (κ3) is 3.99. The van der Waals surface area contributed by atoms with Gasteiger partial charge in [0.05, 0.1) is 19.4 Å². The van der Waals surface area contributed by atoms with Gasteiger partial charge in [0.2, 0.25) is 5.91 Å². The van der Waals surface area contributed by atoms with E-state index in [9.17, 15) is 9.59 Å². The number of hydrogen-bond acceptors (Lipinski definition) is 4. The van der Waals surface area contributed by atoms with Crippen LogP contribution in [0.25, 0.3) is 0 Å². The number of furan rings is 2. The van der Waals surface area contributed by atoms with Crippen LogP contribution in [0.1, 0.15) is 16.3 Å². The maximum absolute atomic E-state index is 11.6. The zero-order valence-electron chi connectivity index (χ0n) is 9.81.